The third kappa shape index (κ3) is 71.0. The highest BCUT2D eigenvalue weighted by Crippen LogP contribution is 2.19. The molecule has 502 valence electrons. The number of aliphatic hydroxyl groups is 2. The fourth-order valence-electron chi connectivity index (χ4n) is 12.3. The Hall–Kier alpha value is -1.92. The number of nitrogens with one attached hydrogen (secondary N) is 1. The molecular weight excluding hydrogens is 1040 g/mol. The number of ether oxygens (including phenoxy) is 1. The van der Waals surface area contributed by atoms with Crippen LogP contribution in [0.25, 0.3) is 0 Å². The van der Waals surface area contributed by atoms with Crippen LogP contribution in [0, 0.1) is 0 Å². The fraction of sp³-hybridized carbons (Fsp3) is 0.899. The first-order valence-corrected chi connectivity index (χ1v) is 38.7. The highest BCUT2D eigenvalue weighted by Gasteiger charge is 2.20. The zero-order valence-corrected chi connectivity index (χ0v) is 57.6. The van der Waals surface area contributed by atoms with Gasteiger partial charge in [-0.05, 0) is 83.5 Å². The van der Waals surface area contributed by atoms with E-state index < -0.39 is 12.1 Å². The van der Waals surface area contributed by atoms with Crippen LogP contribution in [-0.2, 0) is 14.3 Å². The number of hydrogen-bond donors (Lipinski definition) is 3. The van der Waals surface area contributed by atoms with Gasteiger partial charge in [-0.25, -0.2) is 0 Å². The van der Waals surface area contributed by atoms with Gasteiger partial charge in [-0.2, -0.15) is 0 Å². The molecule has 2 atom stereocenters. The lowest BCUT2D eigenvalue weighted by Gasteiger charge is -2.22. The molecule has 0 spiro atoms. The Labute approximate surface area is 532 Å². The normalized spacial score (nSPS) is 12.7. The van der Waals surface area contributed by atoms with Gasteiger partial charge in [0.05, 0.1) is 25.4 Å². The standard InChI is InChI=1S/C79H151NO5/c1-3-5-7-9-11-13-15-17-18-42-46-49-53-57-61-65-69-73-79(84)85-74-70-66-62-58-54-50-47-44-41-39-37-35-33-31-29-27-25-23-21-19-20-22-24-26-28-30-32-34-36-38-40-43-45-48-52-56-60-64-68-72-78(83)80-76(75-81)77(82)71-67-63-59-55-51-16-14-12-10-8-6-4-2/h17-20,23,25,76-77,81-82H,3-16,21-22,24,26-75H2,1-2H3,(H,80,83)/b18-17-,20-19-,25-23-. The number of rotatable bonds is 73. The predicted molar refractivity (Wildman–Crippen MR) is 375 cm³/mol. The molecule has 0 aromatic carbocycles. The molecule has 0 heterocycles. The smallest absolute Gasteiger partial charge is 0.305 e. The topological polar surface area (TPSA) is 95.9 Å². The summed E-state index contributed by atoms with van der Waals surface area (Å²) in [6.45, 7) is 4.98. The van der Waals surface area contributed by atoms with Crippen molar-refractivity contribution in [2.75, 3.05) is 13.2 Å². The van der Waals surface area contributed by atoms with Crippen LogP contribution in [0.2, 0.25) is 0 Å². The Morgan fingerprint density at radius 1 is 0.329 bits per heavy atom. The maximum Gasteiger partial charge on any atom is 0.305 e. The van der Waals surface area contributed by atoms with E-state index in [1.807, 2.05) is 0 Å². The molecule has 0 fully saturated rings. The minimum atomic E-state index is -0.661. The minimum Gasteiger partial charge on any atom is -0.466 e. The molecular formula is C79H151NO5. The van der Waals surface area contributed by atoms with Crippen LogP contribution in [0.4, 0.5) is 0 Å². The van der Waals surface area contributed by atoms with Gasteiger partial charge in [0, 0.05) is 12.8 Å². The monoisotopic (exact) mass is 1190 g/mol. The van der Waals surface area contributed by atoms with Crippen molar-refractivity contribution in [1.82, 2.24) is 5.32 Å². The first-order chi connectivity index (χ1) is 42.0. The van der Waals surface area contributed by atoms with Gasteiger partial charge >= 0.3 is 5.97 Å². The Balaban J connectivity index is 3.33. The van der Waals surface area contributed by atoms with E-state index in [-0.39, 0.29) is 18.5 Å². The number of hydrogen-bond acceptors (Lipinski definition) is 5. The number of aliphatic hydroxyl groups excluding tert-OH is 2. The third-order valence-electron chi connectivity index (χ3n) is 18.2. The molecule has 0 saturated carbocycles. The number of carbonyl (C=O) groups excluding carboxylic acids is 2. The summed E-state index contributed by atoms with van der Waals surface area (Å²) in [5.41, 5.74) is 0. The van der Waals surface area contributed by atoms with Gasteiger partial charge in [0.2, 0.25) is 5.91 Å². The Kier molecular flexibility index (Phi) is 72.9. The van der Waals surface area contributed by atoms with E-state index in [0.29, 0.717) is 25.9 Å². The summed E-state index contributed by atoms with van der Waals surface area (Å²) in [4.78, 5) is 24.6. The number of allylic oxidation sites excluding steroid dienone is 6. The average Bonchev–Trinajstić information content (AvgIpc) is 3.52. The van der Waals surface area contributed by atoms with Crippen molar-refractivity contribution < 1.29 is 24.5 Å². The van der Waals surface area contributed by atoms with E-state index >= 15 is 0 Å². The maximum absolute atomic E-state index is 12.5. The van der Waals surface area contributed by atoms with E-state index in [1.54, 1.807) is 0 Å². The summed E-state index contributed by atoms with van der Waals surface area (Å²) in [5.74, 6) is -0.0127. The number of unbranched alkanes of at least 4 members (excludes halogenated alkanes) is 56. The van der Waals surface area contributed by atoms with Gasteiger partial charge in [-0.3, -0.25) is 9.59 Å². The zero-order valence-electron chi connectivity index (χ0n) is 57.6. The van der Waals surface area contributed by atoms with Crippen molar-refractivity contribution in [2.45, 2.75) is 443 Å². The lowest BCUT2D eigenvalue weighted by Crippen LogP contribution is -2.45. The molecule has 0 saturated heterocycles. The lowest BCUT2D eigenvalue weighted by molar-refractivity contribution is -0.143. The summed E-state index contributed by atoms with van der Waals surface area (Å²) in [6, 6.07) is -0.538. The van der Waals surface area contributed by atoms with E-state index in [4.69, 9.17) is 4.74 Å². The van der Waals surface area contributed by atoms with Crippen molar-refractivity contribution in [3.8, 4) is 0 Å². The first kappa shape index (κ1) is 83.1. The van der Waals surface area contributed by atoms with E-state index in [2.05, 4.69) is 55.6 Å². The number of amides is 1. The summed E-state index contributed by atoms with van der Waals surface area (Å²) in [5, 5.41) is 23.3. The number of esters is 1. The summed E-state index contributed by atoms with van der Waals surface area (Å²) in [6.07, 6.45) is 96.7. The molecule has 6 heteroatoms. The molecule has 0 rings (SSSR count). The Bertz CT molecular complexity index is 1380. The van der Waals surface area contributed by atoms with Crippen molar-refractivity contribution in [1.29, 1.82) is 0 Å². The van der Waals surface area contributed by atoms with Gasteiger partial charge in [0.15, 0.2) is 0 Å². The molecule has 0 radical (unpaired) electrons. The number of carbonyl (C=O) groups is 2. The van der Waals surface area contributed by atoms with Gasteiger partial charge in [-0.1, -0.05) is 371 Å². The van der Waals surface area contributed by atoms with Crippen LogP contribution in [0.15, 0.2) is 36.5 Å². The SMILES string of the molecule is CCCCCCCC/C=C\CCCCCCCCCC(=O)OCCCCCCCCCCCCCCCCC/C=C\C/C=C\CCCCCCCCCCCCCCCCCCCC(=O)NC(CO)C(O)CCCCCCCCCCCCCC. The van der Waals surface area contributed by atoms with Crippen molar-refractivity contribution in [2.24, 2.45) is 0 Å². The lowest BCUT2D eigenvalue weighted by atomic mass is 10.0. The second-order valence-electron chi connectivity index (χ2n) is 26.7. The quantitative estimate of drug-likeness (QED) is 0.0320. The fourth-order valence-corrected chi connectivity index (χ4v) is 12.3. The van der Waals surface area contributed by atoms with Crippen LogP contribution >= 0.6 is 0 Å². The largest absolute Gasteiger partial charge is 0.466 e. The molecule has 0 aliphatic rings. The van der Waals surface area contributed by atoms with Gasteiger partial charge in [0.25, 0.3) is 0 Å². The van der Waals surface area contributed by atoms with Crippen LogP contribution < -0.4 is 5.32 Å². The van der Waals surface area contributed by atoms with Crippen LogP contribution in [0.1, 0.15) is 431 Å². The van der Waals surface area contributed by atoms with E-state index in [1.165, 1.54) is 347 Å². The molecule has 6 nitrogen and oxygen atoms in total. The second kappa shape index (κ2) is 74.5. The molecule has 0 bridgehead atoms. The molecule has 0 aromatic rings. The predicted octanol–water partition coefficient (Wildman–Crippen LogP) is 25.4. The Morgan fingerprint density at radius 3 is 0.906 bits per heavy atom. The van der Waals surface area contributed by atoms with Crippen LogP contribution in [0.3, 0.4) is 0 Å². The molecule has 1 amide bonds. The summed E-state index contributed by atoms with van der Waals surface area (Å²) in [7, 11) is 0. The van der Waals surface area contributed by atoms with Crippen molar-refractivity contribution in [3.05, 3.63) is 36.5 Å². The zero-order chi connectivity index (χ0) is 61.3. The minimum absolute atomic E-state index is 0.0175. The van der Waals surface area contributed by atoms with Crippen LogP contribution in [0.5, 0.6) is 0 Å². The highest BCUT2D eigenvalue weighted by molar-refractivity contribution is 5.76. The third-order valence-corrected chi connectivity index (χ3v) is 18.2. The Morgan fingerprint density at radius 2 is 0.588 bits per heavy atom. The van der Waals surface area contributed by atoms with Gasteiger partial charge in [0.1, 0.15) is 0 Å². The van der Waals surface area contributed by atoms with Crippen molar-refractivity contribution in [3.63, 3.8) is 0 Å². The molecule has 0 aliphatic carbocycles. The van der Waals surface area contributed by atoms with Gasteiger partial charge < -0.3 is 20.3 Å². The van der Waals surface area contributed by atoms with Crippen molar-refractivity contribution >= 4 is 11.9 Å². The summed E-state index contributed by atoms with van der Waals surface area (Å²) >= 11 is 0. The molecule has 2 unspecified atom stereocenters. The second-order valence-corrected chi connectivity index (χ2v) is 26.7. The summed E-state index contributed by atoms with van der Waals surface area (Å²) < 4.78 is 5.51. The highest BCUT2D eigenvalue weighted by atomic mass is 16.5. The first-order valence-electron chi connectivity index (χ1n) is 38.7. The van der Waals surface area contributed by atoms with Gasteiger partial charge in [-0.15, -0.1) is 0 Å². The van der Waals surface area contributed by atoms with E-state index in [9.17, 15) is 19.8 Å². The average molecular weight is 1200 g/mol. The maximum atomic E-state index is 12.5. The molecule has 3 N–H and O–H groups in total. The van der Waals surface area contributed by atoms with Crippen LogP contribution in [-0.4, -0.2) is 47.4 Å². The van der Waals surface area contributed by atoms with E-state index in [0.717, 1.165) is 51.4 Å². The molecule has 85 heavy (non-hydrogen) atoms. The molecule has 0 aromatic heterocycles. The molecule has 0 aliphatic heterocycles.